The van der Waals surface area contributed by atoms with Crippen LogP contribution in [0.4, 0.5) is 18.0 Å². The van der Waals surface area contributed by atoms with E-state index in [1.54, 1.807) is 58.9 Å². The Kier molecular flexibility index (Phi) is 8.94. The van der Waals surface area contributed by atoms with Gasteiger partial charge in [0.15, 0.2) is 0 Å². The number of benzene rings is 1. The second-order valence-electron chi connectivity index (χ2n) is 7.87. The summed E-state index contributed by atoms with van der Waals surface area (Å²) in [4.78, 5) is 24.1. The lowest BCUT2D eigenvalue weighted by molar-refractivity contribution is -0.176. The van der Waals surface area contributed by atoms with E-state index in [2.05, 4.69) is 15.4 Å². The monoisotopic (exact) mass is 418 g/mol. The van der Waals surface area contributed by atoms with Crippen LogP contribution in [0, 0.1) is 5.92 Å². The van der Waals surface area contributed by atoms with Crippen LogP contribution >= 0.6 is 0 Å². The lowest BCUT2D eigenvalue weighted by Crippen LogP contribution is -2.45. The number of nitrogens with one attached hydrogen (secondary N) is 2. The Labute approximate surface area is 169 Å². The van der Waals surface area contributed by atoms with Gasteiger partial charge in [0.25, 0.3) is 0 Å². The van der Waals surface area contributed by atoms with E-state index in [-0.39, 0.29) is 19.1 Å². The number of rotatable bonds is 8. The van der Waals surface area contributed by atoms with Crippen molar-refractivity contribution in [3.63, 3.8) is 0 Å². The van der Waals surface area contributed by atoms with Crippen LogP contribution in [-0.2, 0) is 27.4 Å². The van der Waals surface area contributed by atoms with Crippen molar-refractivity contribution in [2.45, 2.75) is 65.6 Å². The third-order valence-corrected chi connectivity index (χ3v) is 3.93. The average Bonchev–Trinajstić information content (AvgIpc) is 2.57. The number of amides is 2. The van der Waals surface area contributed by atoms with E-state index in [0.29, 0.717) is 5.56 Å². The summed E-state index contributed by atoms with van der Waals surface area (Å²) in [5, 5.41) is 5.41. The zero-order chi connectivity index (χ0) is 22.2. The number of ether oxygens (including phenoxy) is 2. The van der Waals surface area contributed by atoms with E-state index < -0.39 is 36.4 Å². The van der Waals surface area contributed by atoms with Gasteiger partial charge in [-0.2, -0.15) is 13.2 Å². The van der Waals surface area contributed by atoms with E-state index in [1.165, 1.54) is 0 Å². The SMILES string of the molecule is CC(NC(=O)OC(C)(C)C)C(C)C(=O)NCc1ccc(COCC(F)(F)F)cc1. The molecule has 29 heavy (non-hydrogen) atoms. The van der Waals surface area contributed by atoms with Gasteiger partial charge in [-0.3, -0.25) is 4.79 Å². The van der Waals surface area contributed by atoms with Crippen molar-refractivity contribution < 1.29 is 32.2 Å². The zero-order valence-electron chi connectivity index (χ0n) is 17.4. The maximum atomic E-state index is 12.3. The van der Waals surface area contributed by atoms with E-state index in [9.17, 15) is 22.8 Å². The van der Waals surface area contributed by atoms with Crippen molar-refractivity contribution in [3.8, 4) is 0 Å². The summed E-state index contributed by atoms with van der Waals surface area (Å²) in [5.41, 5.74) is 0.768. The van der Waals surface area contributed by atoms with Gasteiger partial charge in [0, 0.05) is 12.6 Å². The van der Waals surface area contributed by atoms with Crippen molar-refractivity contribution in [3.05, 3.63) is 35.4 Å². The van der Waals surface area contributed by atoms with Gasteiger partial charge in [-0.1, -0.05) is 31.2 Å². The van der Waals surface area contributed by atoms with Crippen LogP contribution in [0.25, 0.3) is 0 Å². The number of hydrogen-bond acceptors (Lipinski definition) is 4. The quantitative estimate of drug-likeness (QED) is 0.671. The van der Waals surface area contributed by atoms with E-state index in [4.69, 9.17) is 4.74 Å². The molecule has 0 fully saturated rings. The third kappa shape index (κ3) is 10.7. The first-order valence-electron chi connectivity index (χ1n) is 9.26. The van der Waals surface area contributed by atoms with Crippen LogP contribution in [0.15, 0.2) is 24.3 Å². The van der Waals surface area contributed by atoms with Crippen molar-refractivity contribution >= 4 is 12.0 Å². The second kappa shape index (κ2) is 10.5. The molecule has 1 aromatic carbocycles. The number of hydrogen-bond donors (Lipinski definition) is 2. The van der Waals surface area contributed by atoms with E-state index >= 15 is 0 Å². The fourth-order valence-corrected chi connectivity index (χ4v) is 2.23. The maximum absolute atomic E-state index is 12.3. The minimum atomic E-state index is -4.35. The van der Waals surface area contributed by atoms with Gasteiger partial charge in [0.2, 0.25) is 5.91 Å². The fraction of sp³-hybridized carbons (Fsp3) is 0.600. The number of carbonyl (C=O) groups excluding carboxylic acids is 2. The Morgan fingerprint density at radius 2 is 1.59 bits per heavy atom. The molecule has 1 aromatic rings. The normalized spacial score (nSPS) is 14.1. The molecule has 0 aliphatic carbocycles. The van der Waals surface area contributed by atoms with Gasteiger partial charge in [0.05, 0.1) is 12.5 Å². The van der Waals surface area contributed by atoms with Gasteiger partial charge >= 0.3 is 12.3 Å². The molecular formula is C20H29F3N2O4. The molecule has 0 aliphatic rings. The Morgan fingerprint density at radius 1 is 1.03 bits per heavy atom. The van der Waals surface area contributed by atoms with Crippen LogP contribution in [-0.4, -0.2) is 36.4 Å². The Morgan fingerprint density at radius 3 is 2.10 bits per heavy atom. The molecule has 9 heteroatoms. The fourth-order valence-electron chi connectivity index (χ4n) is 2.23. The lowest BCUT2D eigenvalue weighted by Gasteiger charge is -2.24. The van der Waals surface area contributed by atoms with Crippen LogP contribution in [0.1, 0.15) is 45.7 Å². The summed E-state index contributed by atoms with van der Waals surface area (Å²) in [7, 11) is 0. The number of alkyl carbamates (subject to hydrolysis) is 1. The highest BCUT2D eigenvalue weighted by Gasteiger charge is 2.27. The summed E-state index contributed by atoms with van der Waals surface area (Å²) < 4.78 is 46.0. The van der Waals surface area contributed by atoms with Crippen LogP contribution in [0.5, 0.6) is 0 Å². The molecule has 0 aromatic heterocycles. The van der Waals surface area contributed by atoms with Gasteiger partial charge in [-0.15, -0.1) is 0 Å². The second-order valence-corrected chi connectivity index (χ2v) is 7.87. The summed E-state index contributed by atoms with van der Waals surface area (Å²) in [5.74, 6) is -0.733. The Balaban J connectivity index is 2.43. The van der Waals surface area contributed by atoms with Gasteiger partial charge in [-0.25, -0.2) is 4.79 Å². The van der Waals surface area contributed by atoms with Crippen molar-refractivity contribution in [2.75, 3.05) is 6.61 Å². The van der Waals surface area contributed by atoms with Gasteiger partial charge in [0.1, 0.15) is 12.2 Å². The predicted octanol–water partition coefficient (Wildman–Crippen LogP) is 3.93. The van der Waals surface area contributed by atoms with Crippen LogP contribution < -0.4 is 10.6 Å². The van der Waals surface area contributed by atoms with Gasteiger partial charge in [-0.05, 0) is 38.8 Å². The molecule has 0 aliphatic heterocycles. The predicted molar refractivity (Wildman–Crippen MR) is 102 cm³/mol. The number of carbonyl (C=O) groups is 2. The molecule has 2 unspecified atom stereocenters. The zero-order valence-corrected chi connectivity index (χ0v) is 17.4. The molecule has 0 spiro atoms. The molecule has 0 bridgehead atoms. The molecule has 0 saturated carbocycles. The minimum Gasteiger partial charge on any atom is -0.444 e. The molecule has 2 amide bonds. The van der Waals surface area contributed by atoms with E-state index in [0.717, 1.165) is 5.56 Å². The summed E-state index contributed by atoms with van der Waals surface area (Å²) in [6.07, 6.45) is -4.94. The summed E-state index contributed by atoms with van der Waals surface area (Å²) in [6, 6.07) is 6.28. The van der Waals surface area contributed by atoms with E-state index in [1.807, 2.05) is 0 Å². The molecule has 2 atom stereocenters. The van der Waals surface area contributed by atoms with Crippen molar-refractivity contribution in [1.29, 1.82) is 0 Å². The smallest absolute Gasteiger partial charge is 0.411 e. The highest BCUT2D eigenvalue weighted by molar-refractivity contribution is 5.80. The topological polar surface area (TPSA) is 76.7 Å². The summed E-state index contributed by atoms with van der Waals surface area (Å²) >= 11 is 0. The van der Waals surface area contributed by atoms with Crippen molar-refractivity contribution in [1.82, 2.24) is 10.6 Å². The Bertz CT molecular complexity index is 670. The average molecular weight is 418 g/mol. The maximum Gasteiger partial charge on any atom is 0.411 e. The summed E-state index contributed by atoms with van der Waals surface area (Å²) in [6.45, 7) is 7.48. The largest absolute Gasteiger partial charge is 0.444 e. The highest BCUT2D eigenvalue weighted by Crippen LogP contribution is 2.16. The lowest BCUT2D eigenvalue weighted by atomic mass is 10.0. The molecular weight excluding hydrogens is 389 g/mol. The highest BCUT2D eigenvalue weighted by atomic mass is 19.4. The molecule has 164 valence electrons. The van der Waals surface area contributed by atoms with Crippen molar-refractivity contribution in [2.24, 2.45) is 5.92 Å². The number of halogens is 3. The number of alkyl halides is 3. The van der Waals surface area contributed by atoms with Crippen LogP contribution in [0.3, 0.4) is 0 Å². The first kappa shape index (κ1) is 24.7. The molecule has 1 rings (SSSR count). The minimum absolute atomic E-state index is 0.142. The molecule has 0 saturated heterocycles. The molecule has 0 heterocycles. The first-order chi connectivity index (χ1) is 13.3. The standard InChI is InChI=1S/C20H29F3N2O4/c1-13(14(2)25-18(27)29-19(3,4)5)17(26)24-10-15-6-8-16(9-7-15)11-28-12-20(21,22)23/h6-9,13-14H,10-12H2,1-5H3,(H,24,26)(H,25,27). The van der Waals surface area contributed by atoms with Gasteiger partial charge < -0.3 is 20.1 Å². The Hall–Kier alpha value is -2.29. The molecule has 0 radical (unpaired) electrons. The molecule has 6 nitrogen and oxygen atoms in total. The van der Waals surface area contributed by atoms with Crippen LogP contribution in [0.2, 0.25) is 0 Å². The molecule has 2 N–H and O–H groups in total. The first-order valence-corrected chi connectivity index (χ1v) is 9.26. The third-order valence-electron chi connectivity index (χ3n) is 3.93.